The fraction of sp³-hybridized carbons (Fsp3) is 0. The number of pyridine rings is 2. The second-order valence-electron chi connectivity index (χ2n) is 7.39. The molecule has 32 heavy (non-hydrogen) atoms. The number of hydrogen-bond donors (Lipinski definition) is 0. The van der Waals surface area contributed by atoms with Crippen molar-refractivity contribution in [3.8, 4) is 0 Å². The molecule has 0 unspecified atom stereocenters. The van der Waals surface area contributed by atoms with Crippen LogP contribution in [0.15, 0.2) is 73.3 Å². The van der Waals surface area contributed by atoms with E-state index in [0.29, 0.717) is 22.1 Å². The van der Waals surface area contributed by atoms with Gasteiger partial charge >= 0.3 is 0 Å². The predicted molar refractivity (Wildman–Crippen MR) is 115 cm³/mol. The number of imide groups is 2. The van der Waals surface area contributed by atoms with E-state index < -0.39 is 23.6 Å². The second-order valence-corrected chi connectivity index (χ2v) is 7.39. The van der Waals surface area contributed by atoms with Crippen LogP contribution in [0.2, 0.25) is 0 Å². The van der Waals surface area contributed by atoms with Gasteiger partial charge in [-0.25, -0.2) is 9.80 Å². The van der Waals surface area contributed by atoms with E-state index in [1.807, 2.05) is 0 Å². The molecular weight excluding hydrogens is 408 g/mol. The molecule has 0 radical (unpaired) electrons. The van der Waals surface area contributed by atoms with Crippen LogP contribution in [0.5, 0.6) is 0 Å². The lowest BCUT2D eigenvalue weighted by atomic mass is 9.85. The molecule has 0 bridgehead atoms. The summed E-state index contributed by atoms with van der Waals surface area (Å²) in [6.45, 7) is 0. The van der Waals surface area contributed by atoms with E-state index in [0.717, 1.165) is 9.80 Å². The van der Waals surface area contributed by atoms with Crippen LogP contribution in [0.25, 0.3) is 10.8 Å². The highest BCUT2D eigenvalue weighted by Gasteiger charge is 2.40. The minimum absolute atomic E-state index is 0.250. The van der Waals surface area contributed by atoms with Crippen LogP contribution in [-0.4, -0.2) is 33.6 Å². The Bertz CT molecular complexity index is 1310. The molecule has 152 valence electrons. The molecule has 0 N–H and O–H groups in total. The average Bonchev–Trinajstić information content (AvgIpc) is 2.83. The topological polar surface area (TPSA) is 101 Å². The van der Waals surface area contributed by atoms with Crippen LogP contribution in [0.3, 0.4) is 0 Å². The molecule has 0 atom stereocenters. The highest BCUT2D eigenvalue weighted by molar-refractivity contribution is 6.42. The Morgan fingerprint density at radius 3 is 1.12 bits per heavy atom. The lowest BCUT2D eigenvalue weighted by Gasteiger charge is -2.31. The number of carbonyl (C=O) groups excluding carboxylic acids is 4. The fourth-order valence-corrected chi connectivity index (χ4v) is 4.32. The van der Waals surface area contributed by atoms with Crippen LogP contribution in [0, 0.1) is 0 Å². The number of amides is 4. The zero-order chi connectivity index (χ0) is 22.0. The van der Waals surface area contributed by atoms with Crippen molar-refractivity contribution < 1.29 is 19.2 Å². The van der Waals surface area contributed by atoms with Crippen molar-refractivity contribution in [3.63, 3.8) is 0 Å². The molecular formula is C24H12N4O4. The number of benzene rings is 2. The number of nitrogens with zero attached hydrogens (tertiary/aromatic N) is 4. The Kier molecular flexibility index (Phi) is 3.61. The standard InChI is InChI=1S/C24H12N4O4/c29-21-15-5-7-17-20-18(24(32)28(23(17)31)14-4-2-10-26-12-14)8-6-16(19(15)20)22(30)27(21)13-3-1-9-25-11-13/h1-12H. The number of rotatable bonds is 2. The second kappa shape index (κ2) is 6.39. The summed E-state index contributed by atoms with van der Waals surface area (Å²) in [6.07, 6.45) is 5.96. The van der Waals surface area contributed by atoms with Crippen molar-refractivity contribution in [2.45, 2.75) is 0 Å². The summed E-state index contributed by atoms with van der Waals surface area (Å²) in [4.78, 5) is 63.2. The third-order valence-electron chi connectivity index (χ3n) is 5.70. The van der Waals surface area contributed by atoms with E-state index in [2.05, 4.69) is 9.97 Å². The molecule has 2 aromatic heterocycles. The Morgan fingerprint density at radius 1 is 0.500 bits per heavy atom. The van der Waals surface area contributed by atoms with Gasteiger partial charge in [0.25, 0.3) is 23.6 Å². The Hall–Kier alpha value is -4.72. The molecule has 2 aliphatic rings. The number of carbonyl (C=O) groups is 4. The summed E-state index contributed by atoms with van der Waals surface area (Å²) >= 11 is 0. The first-order valence-corrected chi connectivity index (χ1v) is 9.75. The number of anilines is 2. The summed E-state index contributed by atoms with van der Waals surface area (Å²) in [7, 11) is 0. The van der Waals surface area contributed by atoms with Gasteiger partial charge in [-0.3, -0.25) is 29.1 Å². The van der Waals surface area contributed by atoms with Gasteiger partial charge < -0.3 is 0 Å². The molecule has 0 fully saturated rings. The molecule has 0 aliphatic carbocycles. The Labute approximate surface area is 180 Å². The molecule has 0 saturated carbocycles. The van der Waals surface area contributed by atoms with Crippen molar-refractivity contribution in [1.82, 2.24) is 9.97 Å². The average molecular weight is 420 g/mol. The van der Waals surface area contributed by atoms with Crippen molar-refractivity contribution in [1.29, 1.82) is 0 Å². The Morgan fingerprint density at radius 2 is 0.844 bits per heavy atom. The largest absolute Gasteiger partial charge is 0.268 e. The third-order valence-corrected chi connectivity index (χ3v) is 5.70. The van der Waals surface area contributed by atoms with Crippen LogP contribution >= 0.6 is 0 Å². The van der Waals surface area contributed by atoms with Gasteiger partial charge in [0.05, 0.1) is 23.8 Å². The Balaban J connectivity index is 1.59. The molecule has 4 heterocycles. The summed E-state index contributed by atoms with van der Waals surface area (Å²) in [5.74, 6) is -2.13. The summed E-state index contributed by atoms with van der Waals surface area (Å²) < 4.78 is 0. The zero-order valence-electron chi connectivity index (χ0n) is 16.4. The molecule has 0 saturated heterocycles. The highest BCUT2D eigenvalue weighted by Crippen LogP contribution is 2.39. The van der Waals surface area contributed by atoms with Crippen LogP contribution in [0.4, 0.5) is 11.4 Å². The van der Waals surface area contributed by atoms with E-state index >= 15 is 0 Å². The molecule has 8 nitrogen and oxygen atoms in total. The first kappa shape index (κ1) is 18.1. The van der Waals surface area contributed by atoms with Crippen molar-refractivity contribution in [3.05, 3.63) is 95.6 Å². The number of hydrogen-bond acceptors (Lipinski definition) is 6. The van der Waals surface area contributed by atoms with Gasteiger partial charge in [-0.05, 0) is 48.5 Å². The molecule has 6 rings (SSSR count). The SMILES string of the molecule is O=C1c2ccc3c4c(ccc(c24)C(=O)N1c1cccnc1)C(=O)N(c1cccnc1)C3=O. The van der Waals surface area contributed by atoms with Crippen LogP contribution < -0.4 is 9.80 Å². The lowest BCUT2D eigenvalue weighted by Crippen LogP contribution is -2.43. The van der Waals surface area contributed by atoms with Crippen molar-refractivity contribution >= 4 is 45.8 Å². The third kappa shape index (κ3) is 2.26. The van der Waals surface area contributed by atoms with Gasteiger partial charge in [0.15, 0.2) is 0 Å². The van der Waals surface area contributed by atoms with E-state index in [-0.39, 0.29) is 22.3 Å². The van der Waals surface area contributed by atoms with Gasteiger partial charge in [-0.1, -0.05) is 0 Å². The van der Waals surface area contributed by atoms with Gasteiger partial charge in [0, 0.05) is 45.4 Å². The predicted octanol–water partition coefficient (Wildman–Crippen LogP) is 3.23. The van der Waals surface area contributed by atoms with E-state index in [1.54, 1.807) is 36.7 Å². The minimum Gasteiger partial charge on any atom is -0.268 e. The summed E-state index contributed by atoms with van der Waals surface area (Å²) in [6, 6.07) is 12.6. The first-order valence-electron chi connectivity index (χ1n) is 9.75. The maximum Gasteiger partial charge on any atom is 0.266 e. The maximum atomic E-state index is 13.3. The molecule has 4 amide bonds. The van der Waals surface area contributed by atoms with Gasteiger partial charge in [0.2, 0.25) is 0 Å². The molecule has 2 aliphatic heterocycles. The van der Waals surface area contributed by atoms with Gasteiger partial charge in [-0.15, -0.1) is 0 Å². The molecule has 2 aromatic carbocycles. The quantitative estimate of drug-likeness (QED) is 0.462. The van der Waals surface area contributed by atoms with Gasteiger partial charge in [-0.2, -0.15) is 0 Å². The maximum absolute atomic E-state index is 13.3. The monoisotopic (exact) mass is 420 g/mol. The normalized spacial score (nSPS) is 15.0. The minimum atomic E-state index is -0.534. The van der Waals surface area contributed by atoms with E-state index in [9.17, 15) is 19.2 Å². The first-order chi connectivity index (χ1) is 15.6. The molecule has 4 aromatic rings. The van der Waals surface area contributed by atoms with Crippen LogP contribution in [0.1, 0.15) is 41.4 Å². The van der Waals surface area contributed by atoms with E-state index in [4.69, 9.17) is 0 Å². The smallest absolute Gasteiger partial charge is 0.266 e. The van der Waals surface area contributed by atoms with Crippen molar-refractivity contribution in [2.75, 3.05) is 9.80 Å². The van der Waals surface area contributed by atoms with Crippen molar-refractivity contribution in [2.24, 2.45) is 0 Å². The number of aromatic nitrogens is 2. The van der Waals surface area contributed by atoms with E-state index in [1.165, 1.54) is 36.7 Å². The fourth-order valence-electron chi connectivity index (χ4n) is 4.32. The summed E-state index contributed by atoms with van der Waals surface area (Å²) in [5.41, 5.74) is 1.69. The molecule has 8 heteroatoms. The summed E-state index contributed by atoms with van der Waals surface area (Å²) in [5, 5.41) is 0.644. The zero-order valence-corrected chi connectivity index (χ0v) is 16.4. The molecule has 0 spiro atoms. The lowest BCUT2D eigenvalue weighted by molar-refractivity contribution is 0.0873. The van der Waals surface area contributed by atoms with Gasteiger partial charge in [0.1, 0.15) is 0 Å². The van der Waals surface area contributed by atoms with Crippen LogP contribution in [-0.2, 0) is 0 Å². The highest BCUT2D eigenvalue weighted by atomic mass is 16.2.